The average Bonchev–Trinajstić information content (AvgIpc) is 3.41. The Morgan fingerprint density at radius 1 is 1.03 bits per heavy atom. The summed E-state index contributed by atoms with van der Waals surface area (Å²) >= 11 is 0. The van der Waals surface area contributed by atoms with Crippen molar-refractivity contribution in [1.29, 1.82) is 0 Å². The number of fused-ring (bicyclic) bond motifs is 1. The van der Waals surface area contributed by atoms with Crippen LogP contribution in [0.3, 0.4) is 0 Å². The molecule has 1 unspecified atom stereocenters. The summed E-state index contributed by atoms with van der Waals surface area (Å²) in [5.41, 5.74) is 1.93. The number of hydrogen-bond acceptors (Lipinski definition) is 6. The van der Waals surface area contributed by atoms with Crippen molar-refractivity contribution in [3.05, 3.63) is 66.6 Å². The Bertz CT molecular complexity index is 1150. The third-order valence-corrected chi connectivity index (χ3v) is 5.18. The Kier molecular flexibility index (Phi) is 4.34. The van der Waals surface area contributed by atoms with E-state index in [1.54, 1.807) is 23.0 Å². The topological polar surface area (TPSA) is 72.1 Å². The zero-order chi connectivity index (χ0) is 19.8. The van der Waals surface area contributed by atoms with Gasteiger partial charge in [0.1, 0.15) is 17.2 Å². The third-order valence-electron chi connectivity index (χ3n) is 5.18. The van der Waals surface area contributed by atoms with E-state index in [0.29, 0.717) is 23.1 Å². The molecule has 0 N–H and O–H groups in total. The van der Waals surface area contributed by atoms with Crippen molar-refractivity contribution < 1.29 is 8.78 Å². The highest BCUT2D eigenvalue weighted by molar-refractivity contribution is 5.58. The molecular formula is C20H17F2N7. The number of pyridine rings is 1. The van der Waals surface area contributed by atoms with Crippen molar-refractivity contribution in [2.24, 2.45) is 0 Å². The maximum atomic E-state index is 13.0. The molecule has 1 aliphatic rings. The fourth-order valence-corrected chi connectivity index (χ4v) is 3.69. The quantitative estimate of drug-likeness (QED) is 0.528. The van der Waals surface area contributed by atoms with Crippen molar-refractivity contribution >= 4 is 11.5 Å². The van der Waals surface area contributed by atoms with Crippen LogP contribution in [0, 0.1) is 0 Å². The van der Waals surface area contributed by atoms with Gasteiger partial charge < -0.3 is 4.90 Å². The molecule has 0 aromatic carbocycles. The van der Waals surface area contributed by atoms with E-state index in [9.17, 15) is 8.78 Å². The summed E-state index contributed by atoms with van der Waals surface area (Å²) in [7, 11) is 0. The average molecular weight is 393 g/mol. The summed E-state index contributed by atoms with van der Waals surface area (Å²) in [6, 6.07) is 5.91. The van der Waals surface area contributed by atoms with Gasteiger partial charge in [0, 0.05) is 43.8 Å². The van der Waals surface area contributed by atoms with E-state index in [2.05, 4.69) is 35.9 Å². The first-order chi connectivity index (χ1) is 14.2. The summed E-state index contributed by atoms with van der Waals surface area (Å²) in [5, 5.41) is 0. The Balaban J connectivity index is 1.45. The highest BCUT2D eigenvalue weighted by atomic mass is 19.3. The largest absolute Gasteiger partial charge is 0.356 e. The molecule has 4 aromatic rings. The molecule has 1 fully saturated rings. The van der Waals surface area contributed by atoms with E-state index in [-0.39, 0.29) is 5.69 Å². The first kappa shape index (κ1) is 17.6. The zero-order valence-corrected chi connectivity index (χ0v) is 15.4. The van der Waals surface area contributed by atoms with E-state index < -0.39 is 6.43 Å². The number of nitrogens with zero attached hydrogens (tertiary/aromatic N) is 7. The van der Waals surface area contributed by atoms with Gasteiger partial charge in [0.05, 0.1) is 12.4 Å². The second-order valence-electron chi connectivity index (χ2n) is 6.94. The van der Waals surface area contributed by atoms with E-state index in [1.165, 1.54) is 18.0 Å². The van der Waals surface area contributed by atoms with Crippen LogP contribution in [-0.2, 0) is 0 Å². The Hall–Kier alpha value is -3.49. The predicted octanol–water partition coefficient (Wildman–Crippen LogP) is 3.51. The van der Waals surface area contributed by atoms with Crippen LogP contribution in [0.1, 0.15) is 30.0 Å². The monoisotopic (exact) mass is 393 g/mol. The molecule has 0 aliphatic carbocycles. The molecular weight excluding hydrogens is 376 g/mol. The lowest BCUT2D eigenvalue weighted by atomic mass is 10.0. The summed E-state index contributed by atoms with van der Waals surface area (Å²) in [6.45, 7) is 1.72. The summed E-state index contributed by atoms with van der Waals surface area (Å²) in [6.07, 6.45) is 7.92. The van der Waals surface area contributed by atoms with Crippen LogP contribution >= 0.6 is 0 Å². The normalized spacial score (nSPS) is 16.8. The number of imidazole rings is 1. The molecule has 9 heteroatoms. The molecule has 5 rings (SSSR count). The van der Waals surface area contributed by atoms with Crippen molar-refractivity contribution in [2.45, 2.75) is 18.8 Å². The van der Waals surface area contributed by atoms with Gasteiger partial charge in [-0.15, -0.1) is 0 Å². The van der Waals surface area contributed by atoms with Crippen LogP contribution in [0.5, 0.6) is 0 Å². The van der Waals surface area contributed by atoms with Crippen molar-refractivity contribution in [1.82, 2.24) is 29.3 Å². The van der Waals surface area contributed by atoms with Gasteiger partial charge in [-0.1, -0.05) is 6.07 Å². The number of halogens is 2. The number of anilines is 1. The fraction of sp³-hybridized carbons (Fsp3) is 0.250. The lowest BCUT2D eigenvalue weighted by Gasteiger charge is -2.18. The third kappa shape index (κ3) is 3.28. The second kappa shape index (κ2) is 7.16. The molecule has 0 amide bonds. The Labute approximate surface area is 165 Å². The Morgan fingerprint density at radius 3 is 2.79 bits per heavy atom. The minimum atomic E-state index is -2.66. The molecule has 29 heavy (non-hydrogen) atoms. The van der Waals surface area contributed by atoms with Crippen molar-refractivity contribution in [2.75, 3.05) is 18.0 Å². The zero-order valence-electron chi connectivity index (χ0n) is 15.4. The van der Waals surface area contributed by atoms with Gasteiger partial charge in [0.15, 0.2) is 11.5 Å². The lowest BCUT2D eigenvalue weighted by Crippen LogP contribution is -2.20. The Morgan fingerprint density at radius 2 is 1.97 bits per heavy atom. The van der Waals surface area contributed by atoms with Crippen molar-refractivity contribution in [3.63, 3.8) is 0 Å². The van der Waals surface area contributed by atoms with Crippen LogP contribution in [-0.4, -0.2) is 42.4 Å². The smallest absolute Gasteiger partial charge is 0.281 e. The molecule has 1 saturated heterocycles. The number of hydrogen-bond donors (Lipinski definition) is 0. The lowest BCUT2D eigenvalue weighted by molar-refractivity contribution is 0.145. The SMILES string of the molecule is FC(F)c1cn2c(-c3nccc(N4CCC(c5cccnc5)C4)n3)cnc2cn1. The van der Waals surface area contributed by atoms with Crippen molar-refractivity contribution in [3.8, 4) is 11.5 Å². The fourth-order valence-electron chi connectivity index (χ4n) is 3.69. The van der Waals surface area contributed by atoms with Crippen LogP contribution in [0.15, 0.2) is 55.4 Å². The molecule has 0 radical (unpaired) electrons. The van der Waals surface area contributed by atoms with Crippen LogP contribution in [0.2, 0.25) is 0 Å². The first-order valence-corrected chi connectivity index (χ1v) is 9.28. The molecule has 0 spiro atoms. The highest BCUT2D eigenvalue weighted by Gasteiger charge is 2.25. The summed E-state index contributed by atoms with van der Waals surface area (Å²) in [4.78, 5) is 23.4. The molecule has 5 heterocycles. The molecule has 1 aliphatic heterocycles. The number of rotatable bonds is 4. The summed E-state index contributed by atoms with van der Waals surface area (Å²) < 4.78 is 27.6. The van der Waals surface area contributed by atoms with Gasteiger partial charge >= 0.3 is 0 Å². The van der Waals surface area contributed by atoms with E-state index in [1.807, 2.05) is 18.3 Å². The molecule has 1 atom stereocenters. The molecule has 146 valence electrons. The summed E-state index contributed by atoms with van der Waals surface area (Å²) in [5.74, 6) is 1.64. The number of alkyl halides is 2. The maximum absolute atomic E-state index is 13.0. The van der Waals surface area contributed by atoms with Gasteiger partial charge in [-0.3, -0.25) is 9.38 Å². The molecule has 0 saturated carbocycles. The van der Waals surface area contributed by atoms with E-state index >= 15 is 0 Å². The highest BCUT2D eigenvalue weighted by Crippen LogP contribution is 2.30. The number of aromatic nitrogens is 6. The predicted molar refractivity (Wildman–Crippen MR) is 103 cm³/mol. The van der Waals surface area contributed by atoms with Crippen LogP contribution < -0.4 is 4.90 Å². The molecule has 0 bridgehead atoms. The minimum Gasteiger partial charge on any atom is -0.356 e. The van der Waals surface area contributed by atoms with Gasteiger partial charge in [0.2, 0.25) is 0 Å². The minimum absolute atomic E-state index is 0.313. The van der Waals surface area contributed by atoms with Gasteiger partial charge in [-0.2, -0.15) is 0 Å². The van der Waals surface area contributed by atoms with Gasteiger partial charge in [-0.25, -0.2) is 28.7 Å². The second-order valence-corrected chi connectivity index (χ2v) is 6.94. The van der Waals surface area contributed by atoms with Gasteiger partial charge in [-0.05, 0) is 24.1 Å². The maximum Gasteiger partial charge on any atom is 0.281 e. The van der Waals surface area contributed by atoms with Crippen LogP contribution in [0.4, 0.5) is 14.6 Å². The first-order valence-electron chi connectivity index (χ1n) is 9.28. The standard InChI is InChI=1S/C20H17F2N7/c21-19(22)15-12-29-16(9-26-18(29)10-25-15)20-24-6-3-17(27-20)28-7-4-14(11-28)13-2-1-5-23-8-13/h1-3,5-6,8-10,12,14,19H,4,7,11H2. The van der Waals surface area contributed by atoms with E-state index in [0.717, 1.165) is 25.3 Å². The van der Waals surface area contributed by atoms with Gasteiger partial charge in [0.25, 0.3) is 6.43 Å². The molecule has 7 nitrogen and oxygen atoms in total. The van der Waals surface area contributed by atoms with E-state index in [4.69, 9.17) is 0 Å². The molecule has 4 aromatic heterocycles. The van der Waals surface area contributed by atoms with Crippen LogP contribution in [0.25, 0.3) is 17.2 Å².